The van der Waals surface area contributed by atoms with E-state index in [1.54, 1.807) is 14.2 Å². The Morgan fingerprint density at radius 3 is 2.12 bits per heavy atom. The summed E-state index contributed by atoms with van der Waals surface area (Å²) < 4.78 is 10.7. The molecular weight excluding hydrogens is 316 g/mol. The van der Waals surface area contributed by atoms with Gasteiger partial charge in [-0.2, -0.15) is 0 Å². The maximum atomic E-state index is 12.8. The van der Waals surface area contributed by atoms with Crippen LogP contribution in [-0.4, -0.2) is 51.2 Å². The molecule has 0 aliphatic carbocycles. The molecule has 1 saturated heterocycles. The molecule has 0 N–H and O–H groups in total. The molecule has 5 nitrogen and oxygen atoms in total. The minimum absolute atomic E-state index is 0.0306. The van der Waals surface area contributed by atoms with Gasteiger partial charge in [0.15, 0.2) is 6.10 Å². The number of nitrogens with zero attached hydrogens (tertiary/aromatic N) is 2. The number of carbonyl (C=O) groups is 1. The molecule has 0 radical (unpaired) electrons. The highest BCUT2D eigenvalue weighted by Gasteiger charge is 2.28. The molecule has 1 atom stereocenters. The molecule has 0 spiro atoms. The molecule has 1 aliphatic heterocycles. The zero-order valence-corrected chi connectivity index (χ0v) is 14.7. The Hall–Kier alpha value is -2.53. The van der Waals surface area contributed by atoms with E-state index in [1.807, 2.05) is 47.4 Å². The van der Waals surface area contributed by atoms with Crippen molar-refractivity contribution in [2.45, 2.75) is 6.10 Å². The van der Waals surface area contributed by atoms with Crippen LogP contribution in [0.25, 0.3) is 0 Å². The molecule has 5 heteroatoms. The third kappa shape index (κ3) is 3.94. The van der Waals surface area contributed by atoms with Crippen LogP contribution in [-0.2, 0) is 9.53 Å². The number of methoxy groups -OCH3 is 2. The zero-order chi connectivity index (χ0) is 17.6. The van der Waals surface area contributed by atoms with Gasteiger partial charge in [-0.25, -0.2) is 0 Å². The van der Waals surface area contributed by atoms with Crippen molar-refractivity contribution in [3.63, 3.8) is 0 Å². The fraction of sp³-hybridized carbons (Fsp3) is 0.350. The molecule has 1 amide bonds. The van der Waals surface area contributed by atoms with Crippen LogP contribution in [0, 0.1) is 0 Å². The number of anilines is 1. The van der Waals surface area contributed by atoms with Crippen molar-refractivity contribution in [3.8, 4) is 5.75 Å². The first kappa shape index (κ1) is 17.3. The second-order valence-corrected chi connectivity index (χ2v) is 6.04. The molecule has 25 heavy (non-hydrogen) atoms. The van der Waals surface area contributed by atoms with Crippen LogP contribution in [0.1, 0.15) is 11.7 Å². The average Bonchev–Trinajstić information content (AvgIpc) is 2.69. The Labute approximate surface area is 148 Å². The molecule has 1 aliphatic rings. The molecule has 0 bridgehead atoms. The summed E-state index contributed by atoms with van der Waals surface area (Å²) in [5, 5.41) is 0. The van der Waals surface area contributed by atoms with Gasteiger partial charge in [0.25, 0.3) is 5.91 Å². The van der Waals surface area contributed by atoms with Gasteiger partial charge in [0.1, 0.15) is 5.75 Å². The number of rotatable bonds is 5. The van der Waals surface area contributed by atoms with Crippen LogP contribution in [0.15, 0.2) is 54.6 Å². The molecule has 132 valence electrons. The Morgan fingerprint density at radius 2 is 1.56 bits per heavy atom. The van der Waals surface area contributed by atoms with E-state index in [-0.39, 0.29) is 5.91 Å². The smallest absolute Gasteiger partial charge is 0.256 e. The lowest BCUT2D eigenvalue weighted by Crippen LogP contribution is -2.50. The number of hydrogen-bond donors (Lipinski definition) is 0. The lowest BCUT2D eigenvalue weighted by Gasteiger charge is -2.37. The van der Waals surface area contributed by atoms with Gasteiger partial charge < -0.3 is 19.3 Å². The first-order valence-electron chi connectivity index (χ1n) is 8.48. The van der Waals surface area contributed by atoms with Crippen molar-refractivity contribution >= 4 is 11.6 Å². The molecule has 2 aromatic rings. The third-order valence-electron chi connectivity index (χ3n) is 4.59. The van der Waals surface area contributed by atoms with Gasteiger partial charge in [0.2, 0.25) is 0 Å². The zero-order valence-electron chi connectivity index (χ0n) is 14.7. The van der Waals surface area contributed by atoms with Gasteiger partial charge in [-0.15, -0.1) is 0 Å². The summed E-state index contributed by atoms with van der Waals surface area (Å²) in [5.74, 6) is 0.881. The summed E-state index contributed by atoms with van der Waals surface area (Å²) in [5.41, 5.74) is 2.05. The largest absolute Gasteiger partial charge is 0.497 e. The molecule has 0 unspecified atom stereocenters. The Kier molecular flexibility index (Phi) is 5.56. The number of piperazine rings is 1. The first-order chi connectivity index (χ1) is 12.2. The highest BCUT2D eigenvalue weighted by atomic mass is 16.5. The highest BCUT2D eigenvalue weighted by Crippen LogP contribution is 2.23. The topological polar surface area (TPSA) is 42.0 Å². The van der Waals surface area contributed by atoms with Crippen molar-refractivity contribution in [3.05, 3.63) is 60.2 Å². The van der Waals surface area contributed by atoms with Gasteiger partial charge in [-0.1, -0.05) is 30.3 Å². The van der Waals surface area contributed by atoms with Crippen LogP contribution in [0.4, 0.5) is 5.69 Å². The Bertz CT molecular complexity index is 680. The number of amides is 1. The van der Waals surface area contributed by atoms with Crippen LogP contribution in [0.3, 0.4) is 0 Å². The Morgan fingerprint density at radius 1 is 0.920 bits per heavy atom. The summed E-state index contributed by atoms with van der Waals surface area (Å²) in [6.07, 6.45) is -0.534. The standard InChI is InChI=1S/C20H24N2O3/c1-24-18-10-8-17(9-11-18)21-12-14-22(15-13-21)20(23)19(25-2)16-6-4-3-5-7-16/h3-11,19H,12-15H2,1-2H3/t19-/m0/s1. The normalized spacial score (nSPS) is 15.8. The van der Waals surface area contributed by atoms with Crippen LogP contribution >= 0.6 is 0 Å². The molecule has 3 rings (SSSR count). The van der Waals surface area contributed by atoms with Crippen LogP contribution < -0.4 is 9.64 Å². The van der Waals surface area contributed by atoms with Gasteiger partial charge in [-0.05, 0) is 29.8 Å². The van der Waals surface area contributed by atoms with Gasteiger partial charge >= 0.3 is 0 Å². The number of hydrogen-bond acceptors (Lipinski definition) is 4. The van der Waals surface area contributed by atoms with E-state index in [0.29, 0.717) is 13.1 Å². The second-order valence-electron chi connectivity index (χ2n) is 6.04. The molecule has 2 aromatic carbocycles. The molecule has 1 heterocycles. The highest BCUT2D eigenvalue weighted by molar-refractivity contribution is 5.82. The van der Waals surface area contributed by atoms with Crippen LogP contribution in [0.2, 0.25) is 0 Å². The minimum Gasteiger partial charge on any atom is -0.497 e. The average molecular weight is 340 g/mol. The summed E-state index contributed by atoms with van der Waals surface area (Å²) in [6, 6.07) is 17.7. The third-order valence-corrected chi connectivity index (χ3v) is 4.59. The van der Waals surface area contributed by atoms with Gasteiger partial charge in [0, 0.05) is 39.0 Å². The van der Waals surface area contributed by atoms with E-state index >= 15 is 0 Å². The predicted octanol–water partition coefficient (Wildman–Crippen LogP) is 2.73. The Balaban J connectivity index is 1.62. The fourth-order valence-electron chi connectivity index (χ4n) is 3.15. The SMILES string of the molecule is COc1ccc(N2CCN(C(=O)[C@@H](OC)c3ccccc3)CC2)cc1. The number of carbonyl (C=O) groups excluding carboxylic acids is 1. The molecule has 1 fully saturated rings. The minimum atomic E-state index is -0.534. The van der Waals surface area contributed by atoms with E-state index in [2.05, 4.69) is 17.0 Å². The molecule has 0 aromatic heterocycles. The summed E-state index contributed by atoms with van der Waals surface area (Å²) in [7, 11) is 3.25. The van der Waals surface area contributed by atoms with Gasteiger partial charge in [-0.3, -0.25) is 4.79 Å². The number of benzene rings is 2. The number of ether oxygens (including phenoxy) is 2. The maximum Gasteiger partial charge on any atom is 0.256 e. The van der Waals surface area contributed by atoms with Crippen molar-refractivity contribution in [2.75, 3.05) is 45.3 Å². The second kappa shape index (κ2) is 8.03. The van der Waals surface area contributed by atoms with Gasteiger partial charge in [0.05, 0.1) is 7.11 Å². The quantitative estimate of drug-likeness (QED) is 0.839. The van der Waals surface area contributed by atoms with E-state index in [0.717, 1.165) is 30.1 Å². The maximum absolute atomic E-state index is 12.8. The van der Waals surface area contributed by atoms with E-state index in [1.165, 1.54) is 0 Å². The lowest BCUT2D eigenvalue weighted by atomic mass is 10.1. The monoisotopic (exact) mass is 340 g/mol. The lowest BCUT2D eigenvalue weighted by molar-refractivity contribution is -0.142. The summed E-state index contributed by atoms with van der Waals surface area (Å²) >= 11 is 0. The molecule has 0 saturated carbocycles. The van der Waals surface area contributed by atoms with Crippen LogP contribution in [0.5, 0.6) is 5.75 Å². The van der Waals surface area contributed by atoms with Crippen molar-refractivity contribution in [1.82, 2.24) is 4.90 Å². The van der Waals surface area contributed by atoms with E-state index in [9.17, 15) is 4.79 Å². The fourth-order valence-corrected chi connectivity index (χ4v) is 3.15. The summed E-state index contributed by atoms with van der Waals surface area (Å²) in [4.78, 5) is 17.0. The predicted molar refractivity (Wildman–Crippen MR) is 98.0 cm³/mol. The molecular formula is C20H24N2O3. The van der Waals surface area contributed by atoms with Crippen molar-refractivity contribution in [2.24, 2.45) is 0 Å². The first-order valence-corrected chi connectivity index (χ1v) is 8.48. The van der Waals surface area contributed by atoms with Crippen molar-refractivity contribution in [1.29, 1.82) is 0 Å². The van der Waals surface area contributed by atoms with Crippen molar-refractivity contribution < 1.29 is 14.3 Å². The van der Waals surface area contributed by atoms with E-state index in [4.69, 9.17) is 9.47 Å². The van der Waals surface area contributed by atoms with E-state index < -0.39 is 6.10 Å². The summed E-state index contributed by atoms with van der Waals surface area (Å²) in [6.45, 7) is 3.00.